The Morgan fingerprint density at radius 2 is 1.44 bits per heavy atom. The Kier molecular flexibility index (Phi) is 6.30. The van der Waals surface area contributed by atoms with Crippen molar-refractivity contribution in [3.05, 3.63) is 11.5 Å². The predicted molar refractivity (Wildman–Crippen MR) is 67.1 cm³/mol. The molecule has 0 aromatic rings. The van der Waals surface area contributed by atoms with E-state index < -0.39 is 5.97 Å². The Balaban J connectivity index is 5.50. The van der Waals surface area contributed by atoms with Crippen LogP contribution in [0, 0.1) is 5.92 Å². The molecule has 0 heterocycles. The summed E-state index contributed by atoms with van der Waals surface area (Å²) in [6.45, 7) is 9.39. The fraction of sp³-hybridized carbons (Fsp3) is 0.615. The first kappa shape index (κ1) is 16.4. The molecule has 18 heavy (non-hydrogen) atoms. The van der Waals surface area contributed by atoms with Gasteiger partial charge in [0.1, 0.15) is 5.76 Å². The lowest BCUT2D eigenvalue weighted by Gasteiger charge is -2.24. The predicted octanol–water partition coefficient (Wildman–Crippen LogP) is 2.22. The van der Waals surface area contributed by atoms with Crippen LogP contribution in [0.25, 0.3) is 0 Å². The maximum Gasteiger partial charge on any atom is 0.307 e. The molecule has 0 unspecified atom stereocenters. The van der Waals surface area contributed by atoms with E-state index >= 15 is 0 Å². The van der Waals surface area contributed by atoms with Gasteiger partial charge in [0.2, 0.25) is 11.8 Å². The van der Waals surface area contributed by atoms with E-state index in [1.165, 1.54) is 20.8 Å². The number of nitrogens with zero attached hydrogens (tertiary/aromatic N) is 1. The lowest BCUT2D eigenvalue weighted by atomic mass is 10.1. The van der Waals surface area contributed by atoms with Crippen LogP contribution < -0.4 is 0 Å². The second-order valence-corrected chi connectivity index (χ2v) is 4.57. The van der Waals surface area contributed by atoms with Gasteiger partial charge >= 0.3 is 5.97 Å². The Hall–Kier alpha value is -1.65. The van der Waals surface area contributed by atoms with Gasteiger partial charge in [-0.2, -0.15) is 0 Å². The summed E-state index contributed by atoms with van der Waals surface area (Å²) in [7, 11) is 0. The normalized spacial score (nSPS) is 11.9. The highest BCUT2D eigenvalue weighted by atomic mass is 16.5. The van der Waals surface area contributed by atoms with E-state index in [0.717, 1.165) is 4.90 Å². The van der Waals surface area contributed by atoms with E-state index in [0.29, 0.717) is 17.9 Å². The summed E-state index contributed by atoms with van der Waals surface area (Å²) >= 11 is 0. The largest absolute Gasteiger partial charge is 0.430 e. The van der Waals surface area contributed by atoms with Gasteiger partial charge in [0.15, 0.2) is 0 Å². The molecule has 102 valence electrons. The number of ether oxygens (including phenoxy) is 1. The fourth-order valence-corrected chi connectivity index (χ4v) is 1.66. The van der Waals surface area contributed by atoms with Gasteiger partial charge in [0, 0.05) is 20.8 Å². The van der Waals surface area contributed by atoms with E-state index in [-0.39, 0.29) is 17.7 Å². The smallest absolute Gasteiger partial charge is 0.307 e. The molecule has 5 heteroatoms. The first-order valence-electron chi connectivity index (χ1n) is 5.86. The Bertz CT molecular complexity index is 368. The van der Waals surface area contributed by atoms with E-state index in [9.17, 15) is 14.4 Å². The van der Waals surface area contributed by atoms with Gasteiger partial charge in [-0.1, -0.05) is 13.8 Å². The van der Waals surface area contributed by atoms with Crippen LogP contribution in [-0.4, -0.2) is 22.7 Å². The van der Waals surface area contributed by atoms with Crippen molar-refractivity contribution in [3.63, 3.8) is 0 Å². The molecule has 0 bridgehead atoms. The molecule has 0 aliphatic rings. The Morgan fingerprint density at radius 1 is 1.00 bits per heavy atom. The van der Waals surface area contributed by atoms with Crippen molar-refractivity contribution in [2.24, 2.45) is 5.92 Å². The second-order valence-electron chi connectivity index (χ2n) is 4.57. The quantitative estimate of drug-likeness (QED) is 0.570. The van der Waals surface area contributed by atoms with Crippen molar-refractivity contribution in [2.75, 3.05) is 0 Å². The van der Waals surface area contributed by atoms with Crippen LogP contribution in [0.1, 0.15) is 48.0 Å². The third-order valence-corrected chi connectivity index (χ3v) is 2.20. The zero-order valence-corrected chi connectivity index (χ0v) is 11.9. The number of allylic oxidation sites excluding steroid dienone is 2. The molecule has 0 saturated heterocycles. The third kappa shape index (κ3) is 5.12. The van der Waals surface area contributed by atoms with Crippen LogP contribution in [-0.2, 0) is 19.1 Å². The first-order valence-corrected chi connectivity index (χ1v) is 5.86. The van der Waals surface area contributed by atoms with Crippen LogP contribution in [0.15, 0.2) is 11.5 Å². The summed E-state index contributed by atoms with van der Waals surface area (Å²) in [5.41, 5.74) is 0.445. The number of hydrogen-bond acceptors (Lipinski definition) is 4. The zero-order valence-electron chi connectivity index (χ0n) is 11.9. The minimum Gasteiger partial charge on any atom is -0.430 e. The van der Waals surface area contributed by atoms with Gasteiger partial charge in [0.25, 0.3) is 0 Å². The molecule has 0 fully saturated rings. The topological polar surface area (TPSA) is 63.7 Å². The number of carbonyl (C=O) groups excluding carboxylic acids is 3. The van der Waals surface area contributed by atoms with Crippen LogP contribution >= 0.6 is 0 Å². The molecule has 0 atom stereocenters. The second kappa shape index (κ2) is 6.93. The monoisotopic (exact) mass is 255 g/mol. The molecular formula is C13H21NO4. The standard InChI is InChI=1S/C13H21NO4/c1-8(2)7-13(9(3)18-12(6)17)14(10(4)15)11(5)16/h8H,7H2,1-6H3. The SMILES string of the molecule is CC(=O)OC(C)=C(CC(C)C)N(C(C)=O)C(C)=O. The maximum atomic E-state index is 11.5. The molecule has 0 aliphatic carbocycles. The van der Waals surface area contributed by atoms with E-state index in [1.807, 2.05) is 13.8 Å². The number of imide groups is 1. The molecule has 0 aromatic carbocycles. The van der Waals surface area contributed by atoms with Crippen LogP contribution in [0.5, 0.6) is 0 Å². The molecule has 5 nitrogen and oxygen atoms in total. The van der Waals surface area contributed by atoms with Gasteiger partial charge in [-0.15, -0.1) is 0 Å². The summed E-state index contributed by atoms with van der Waals surface area (Å²) in [6, 6.07) is 0. The maximum absolute atomic E-state index is 11.5. The molecule has 0 rings (SSSR count). The minimum atomic E-state index is -0.471. The number of hydrogen-bond donors (Lipinski definition) is 0. The Morgan fingerprint density at radius 3 is 1.72 bits per heavy atom. The van der Waals surface area contributed by atoms with Crippen molar-refractivity contribution in [1.29, 1.82) is 0 Å². The summed E-state index contributed by atoms with van der Waals surface area (Å²) in [6.07, 6.45) is 0.484. The van der Waals surface area contributed by atoms with Gasteiger partial charge < -0.3 is 4.74 Å². The molecule has 0 aromatic heterocycles. The molecule has 0 N–H and O–H groups in total. The van der Waals surface area contributed by atoms with Gasteiger partial charge in [0.05, 0.1) is 5.70 Å². The fourth-order valence-electron chi connectivity index (χ4n) is 1.66. The lowest BCUT2D eigenvalue weighted by Crippen LogP contribution is -2.34. The van der Waals surface area contributed by atoms with Crippen molar-refractivity contribution in [2.45, 2.75) is 48.0 Å². The van der Waals surface area contributed by atoms with Gasteiger partial charge in [-0.05, 0) is 19.3 Å². The van der Waals surface area contributed by atoms with E-state index in [4.69, 9.17) is 4.74 Å². The molecular weight excluding hydrogens is 234 g/mol. The number of esters is 1. The van der Waals surface area contributed by atoms with Crippen molar-refractivity contribution < 1.29 is 19.1 Å². The molecule has 0 spiro atoms. The zero-order chi connectivity index (χ0) is 14.5. The van der Waals surface area contributed by atoms with E-state index in [2.05, 4.69) is 0 Å². The van der Waals surface area contributed by atoms with Gasteiger partial charge in [-0.25, -0.2) is 0 Å². The summed E-state index contributed by atoms with van der Waals surface area (Å²) in [4.78, 5) is 35.1. The minimum absolute atomic E-state index is 0.228. The molecule has 0 aliphatic heterocycles. The molecule has 0 saturated carbocycles. The highest BCUT2D eigenvalue weighted by Gasteiger charge is 2.23. The third-order valence-electron chi connectivity index (χ3n) is 2.20. The number of carbonyl (C=O) groups is 3. The van der Waals surface area contributed by atoms with E-state index in [1.54, 1.807) is 6.92 Å². The number of amides is 2. The highest BCUT2D eigenvalue weighted by molar-refractivity contribution is 5.95. The number of rotatable bonds is 4. The van der Waals surface area contributed by atoms with Gasteiger partial charge in [-0.3, -0.25) is 19.3 Å². The molecule has 2 amide bonds. The summed E-state index contributed by atoms with van der Waals surface area (Å²) in [5, 5.41) is 0. The molecule has 0 radical (unpaired) electrons. The van der Waals surface area contributed by atoms with Crippen molar-refractivity contribution in [3.8, 4) is 0 Å². The first-order chi connectivity index (χ1) is 8.16. The summed E-state index contributed by atoms with van der Waals surface area (Å²) in [5.74, 6) is -0.719. The average molecular weight is 255 g/mol. The average Bonchev–Trinajstić information content (AvgIpc) is 2.13. The van der Waals surface area contributed by atoms with Crippen molar-refractivity contribution >= 4 is 17.8 Å². The highest BCUT2D eigenvalue weighted by Crippen LogP contribution is 2.21. The van der Waals surface area contributed by atoms with Crippen LogP contribution in [0.3, 0.4) is 0 Å². The van der Waals surface area contributed by atoms with Crippen LogP contribution in [0.4, 0.5) is 0 Å². The summed E-state index contributed by atoms with van der Waals surface area (Å²) < 4.78 is 4.99. The van der Waals surface area contributed by atoms with Crippen molar-refractivity contribution in [1.82, 2.24) is 4.90 Å². The lowest BCUT2D eigenvalue weighted by molar-refractivity contribution is -0.142. The van der Waals surface area contributed by atoms with Crippen LogP contribution in [0.2, 0.25) is 0 Å². The Labute approximate surface area is 108 Å².